The molecule has 13 heteroatoms. The lowest BCUT2D eigenvalue weighted by molar-refractivity contribution is -0.206. The Balaban J connectivity index is 1.66. The monoisotopic (exact) mass is 528 g/mol. The number of aliphatic hydroxyl groups is 1. The van der Waals surface area contributed by atoms with Crippen LogP contribution in [0.2, 0.25) is 0 Å². The fraction of sp³-hybridized carbons (Fsp3) is 0.240. The molecule has 0 unspecified atom stereocenters. The van der Waals surface area contributed by atoms with Gasteiger partial charge >= 0.3 is 6.18 Å². The number of aryl methyl sites for hydroxylation is 1. The van der Waals surface area contributed by atoms with E-state index in [9.17, 15) is 23.1 Å². The van der Waals surface area contributed by atoms with E-state index < -0.39 is 29.1 Å². The van der Waals surface area contributed by atoms with E-state index in [4.69, 9.17) is 11.1 Å². The molecule has 3 aromatic rings. The summed E-state index contributed by atoms with van der Waals surface area (Å²) >= 11 is 0. The van der Waals surface area contributed by atoms with Crippen LogP contribution in [-0.4, -0.2) is 48.5 Å². The summed E-state index contributed by atoms with van der Waals surface area (Å²) in [5.41, 5.74) is 6.20. The number of nitrogens with zero attached hydrogens (tertiary/aromatic N) is 4. The Morgan fingerprint density at radius 2 is 1.95 bits per heavy atom. The quantitative estimate of drug-likeness (QED) is 0.169. The third kappa shape index (κ3) is 6.75. The fourth-order valence-corrected chi connectivity index (χ4v) is 3.14. The number of nitrogens with two attached hydrogens (primary N) is 1. The molecule has 6 N–H and O–H groups in total. The van der Waals surface area contributed by atoms with Crippen molar-refractivity contribution in [2.45, 2.75) is 26.4 Å². The van der Waals surface area contributed by atoms with Gasteiger partial charge in [-0.3, -0.25) is 14.9 Å². The highest BCUT2D eigenvalue weighted by Crippen LogP contribution is 2.42. The van der Waals surface area contributed by atoms with Gasteiger partial charge in [0.25, 0.3) is 0 Å². The van der Waals surface area contributed by atoms with Gasteiger partial charge in [0, 0.05) is 13.1 Å². The summed E-state index contributed by atoms with van der Waals surface area (Å²) in [6.45, 7) is 1.56. The number of amides is 1. The van der Waals surface area contributed by atoms with Crippen LogP contribution < -0.4 is 11.1 Å². The number of H-pyrrole nitrogens is 1. The predicted octanol–water partition coefficient (Wildman–Crippen LogP) is 4.07. The van der Waals surface area contributed by atoms with Crippen LogP contribution in [0.3, 0.4) is 0 Å². The molecule has 2 heterocycles. The molecule has 0 aliphatic rings. The lowest BCUT2D eigenvalue weighted by Crippen LogP contribution is -2.36. The van der Waals surface area contributed by atoms with Gasteiger partial charge in [-0.05, 0) is 37.3 Å². The van der Waals surface area contributed by atoms with E-state index in [0.717, 1.165) is 19.4 Å². The van der Waals surface area contributed by atoms with Crippen molar-refractivity contribution in [3.8, 4) is 11.3 Å². The Morgan fingerprint density at radius 3 is 2.53 bits per heavy atom. The zero-order chi connectivity index (χ0) is 28.1. The highest BCUT2D eigenvalue weighted by molar-refractivity contribution is 6.07. The Labute approximate surface area is 216 Å². The number of carbonyl (C=O) groups is 1. The molecule has 0 saturated heterocycles. The highest BCUT2D eigenvalue weighted by Gasteiger charge is 2.50. The number of hydrogen-bond acceptors (Lipinski definition) is 7. The molecule has 200 valence electrons. The van der Waals surface area contributed by atoms with Gasteiger partial charge in [-0.25, -0.2) is 9.98 Å². The molecule has 10 nitrogen and oxygen atoms in total. The van der Waals surface area contributed by atoms with Crippen molar-refractivity contribution in [1.82, 2.24) is 25.1 Å². The van der Waals surface area contributed by atoms with Crippen molar-refractivity contribution < 1.29 is 23.1 Å². The number of aromatic amines is 1. The van der Waals surface area contributed by atoms with Gasteiger partial charge in [0.15, 0.2) is 5.82 Å². The summed E-state index contributed by atoms with van der Waals surface area (Å²) in [5, 5.41) is 23.7. The van der Waals surface area contributed by atoms with Crippen molar-refractivity contribution >= 4 is 23.1 Å². The van der Waals surface area contributed by atoms with Crippen LogP contribution in [0.4, 0.5) is 18.9 Å². The van der Waals surface area contributed by atoms with E-state index in [1.54, 1.807) is 60.7 Å². The number of aliphatic hydroxyl groups excluding tert-OH is 1. The molecule has 1 aromatic carbocycles. The van der Waals surface area contributed by atoms with Crippen molar-refractivity contribution in [3.05, 3.63) is 78.4 Å². The first kappa shape index (κ1) is 27.9. The Hall–Kier alpha value is -4.68. The van der Waals surface area contributed by atoms with Gasteiger partial charge in [0.1, 0.15) is 28.4 Å². The van der Waals surface area contributed by atoms with E-state index in [1.807, 2.05) is 0 Å². The van der Waals surface area contributed by atoms with Crippen molar-refractivity contribution in [2.75, 3.05) is 0 Å². The van der Waals surface area contributed by atoms with E-state index in [1.165, 1.54) is 6.20 Å². The molecule has 0 saturated carbocycles. The van der Waals surface area contributed by atoms with E-state index in [-0.39, 0.29) is 6.42 Å². The van der Waals surface area contributed by atoms with Gasteiger partial charge in [-0.15, -0.1) is 0 Å². The first-order valence-electron chi connectivity index (χ1n) is 11.3. The lowest BCUT2D eigenvalue weighted by atomic mass is 9.89. The van der Waals surface area contributed by atoms with Crippen LogP contribution in [-0.2, 0) is 18.3 Å². The first-order chi connectivity index (χ1) is 17.8. The van der Waals surface area contributed by atoms with Gasteiger partial charge in [-0.1, -0.05) is 24.3 Å². The second kappa shape index (κ2) is 11.2. The van der Waals surface area contributed by atoms with Crippen molar-refractivity contribution in [2.24, 2.45) is 23.2 Å². The highest BCUT2D eigenvalue weighted by atomic mass is 19.4. The first-order valence-corrected chi connectivity index (χ1v) is 11.3. The molecule has 0 atom stereocenters. The van der Waals surface area contributed by atoms with Crippen LogP contribution in [0.5, 0.6) is 0 Å². The van der Waals surface area contributed by atoms with Crippen LogP contribution >= 0.6 is 0 Å². The number of amidine groups is 1. The van der Waals surface area contributed by atoms with Crippen molar-refractivity contribution in [3.63, 3.8) is 0 Å². The molecule has 0 aliphatic carbocycles. The molecule has 3 rings (SSSR count). The summed E-state index contributed by atoms with van der Waals surface area (Å²) in [6, 6.07) is 6.92. The number of alkyl halides is 3. The number of rotatable bonds is 8. The maximum Gasteiger partial charge on any atom is 0.400 e. The molecule has 0 spiro atoms. The van der Waals surface area contributed by atoms with Gasteiger partial charge < -0.3 is 21.1 Å². The minimum atomic E-state index is -4.72. The fourth-order valence-electron chi connectivity index (χ4n) is 3.14. The largest absolute Gasteiger partial charge is 0.511 e. The van der Waals surface area contributed by atoms with E-state index >= 15 is 0 Å². The second-order valence-corrected chi connectivity index (χ2v) is 8.86. The second-order valence-electron chi connectivity index (χ2n) is 8.86. The maximum atomic E-state index is 13.0. The molecule has 0 radical (unpaired) electrons. The zero-order valence-electron chi connectivity index (χ0n) is 20.8. The molecular weight excluding hydrogens is 501 g/mol. The number of aliphatic imine (C=N–C) groups is 1. The summed E-state index contributed by atoms with van der Waals surface area (Å²) in [5.74, 6) is -1.86. The van der Waals surface area contributed by atoms with E-state index in [2.05, 4.69) is 25.4 Å². The van der Waals surface area contributed by atoms with Crippen molar-refractivity contribution in [1.29, 1.82) is 5.41 Å². The van der Waals surface area contributed by atoms with Gasteiger partial charge in [0.05, 0.1) is 30.7 Å². The topological polar surface area (TPSA) is 158 Å². The number of allylic oxidation sites excluding steroid dienone is 2. The summed E-state index contributed by atoms with van der Waals surface area (Å²) in [6.07, 6.45) is 3.67. The SMILES string of the molecule is Cn1cc(N=C(C=CN)c2ncc(-c3ccc(CC(=O)NC(=N)/C=C(\O)C(C)(C)C(F)(F)F)cc3)[nH]2)cn1. The molecule has 0 bridgehead atoms. The Bertz CT molecular complexity index is 1400. The van der Waals surface area contributed by atoms with Crippen LogP contribution in [0.1, 0.15) is 25.2 Å². The predicted molar refractivity (Wildman–Crippen MR) is 137 cm³/mol. The molecule has 38 heavy (non-hydrogen) atoms. The summed E-state index contributed by atoms with van der Waals surface area (Å²) in [7, 11) is 1.78. The summed E-state index contributed by atoms with van der Waals surface area (Å²) in [4.78, 5) is 24.3. The standard InChI is InChI=1S/C25H27F3N8O2/c1-24(2,25(26,27)28)20(37)11-21(30)35-22(38)10-15-4-6-16(7-5-15)19-13-31-23(34-19)18(8-9-29)33-17-12-32-36(3)14-17/h4-9,11-14,37H,10,29H2,1-3H3,(H,31,34)(H2,30,35,38)/b9-8?,20-11-,33-18?. The van der Waals surface area contributed by atoms with Gasteiger partial charge in [-0.2, -0.15) is 18.3 Å². The lowest BCUT2D eigenvalue weighted by Gasteiger charge is -2.26. The number of imidazole rings is 1. The normalized spacial score (nSPS) is 13.2. The van der Waals surface area contributed by atoms with Crippen LogP contribution in [0, 0.1) is 10.8 Å². The number of carbonyl (C=O) groups excluding carboxylic acids is 1. The molecular formula is C25H27F3N8O2. The molecule has 0 fully saturated rings. The third-order valence-corrected chi connectivity index (χ3v) is 5.55. The number of halogens is 3. The number of aromatic nitrogens is 4. The minimum Gasteiger partial charge on any atom is -0.511 e. The van der Waals surface area contributed by atoms with Crippen LogP contribution in [0.25, 0.3) is 11.3 Å². The zero-order valence-corrected chi connectivity index (χ0v) is 20.8. The van der Waals surface area contributed by atoms with Gasteiger partial charge in [0.2, 0.25) is 5.91 Å². The average molecular weight is 529 g/mol. The van der Waals surface area contributed by atoms with E-state index in [0.29, 0.717) is 34.6 Å². The molecule has 1 amide bonds. The third-order valence-electron chi connectivity index (χ3n) is 5.55. The molecule has 0 aliphatic heterocycles. The average Bonchev–Trinajstić information content (AvgIpc) is 3.47. The number of benzene rings is 1. The Kier molecular flexibility index (Phi) is 8.19. The Morgan fingerprint density at radius 1 is 1.26 bits per heavy atom. The number of nitrogens with one attached hydrogen (secondary N) is 3. The minimum absolute atomic E-state index is 0.128. The number of hydrogen-bond donors (Lipinski definition) is 5. The maximum absolute atomic E-state index is 13.0. The smallest absolute Gasteiger partial charge is 0.400 e. The van der Waals surface area contributed by atoms with Crippen LogP contribution in [0.15, 0.2) is 72.0 Å². The molecule has 2 aromatic heterocycles. The summed E-state index contributed by atoms with van der Waals surface area (Å²) < 4.78 is 40.7.